The maximum absolute atomic E-state index is 11.6. The molecule has 4 atom stereocenters. The Morgan fingerprint density at radius 2 is 2.38 bits per heavy atom. The van der Waals surface area contributed by atoms with Gasteiger partial charge in [0.15, 0.2) is 0 Å². The van der Waals surface area contributed by atoms with Gasteiger partial charge in [-0.1, -0.05) is 0 Å². The summed E-state index contributed by atoms with van der Waals surface area (Å²) in [7, 11) is 0. The lowest BCUT2D eigenvalue weighted by molar-refractivity contribution is -0.0676. The number of rotatable bonds is 2. The third-order valence-corrected chi connectivity index (χ3v) is 2.98. The van der Waals surface area contributed by atoms with Crippen molar-refractivity contribution in [1.29, 1.82) is 0 Å². The van der Waals surface area contributed by atoms with Crippen molar-refractivity contribution < 1.29 is 19.7 Å². The lowest BCUT2D eigenvalue weighted by Crippen LogP contribution is -2.58. The molecule has 2 rings (SSSR count). The van der Waals surface area contributed by atoms with E-state index in [0.29, 0.717) is 19.4 Å². The molecule has 5 N–H and O–H groups in total. The van der Waals surface area contributed by atoms with Crippen LogP contribution in [-0.4, -0.2) is 58.9 Å². The van der Waals surface area contributed by atoms with Gasteiger partial charge in [0.05, 0.1) is 18.9 Å². The van der Waals surface area contributed by atoms with Crippen molar-refractivity contribution in [2.75, 3.05) is 13.2 Å². The minimum atomic E-state index is -0.724. The highest BCUT2D eigenvalue weighted by Crippen LogP contribution is 2.24. The van der Waals surface area contributed by atoms with Gasteiger partial charge in [-0.15, -0.1) is 0 Å². The Kier molecular flexibility index (Phi) is 3.29. The topological polar surface area (TPSA) is 108 Å². The molecule has 0 aromatic rings. The van der Waals surface area contributed by atoms with Gasteiger partial charge >= 0.3 is 6.03 Å². The third kappa shape index (κ3) is 2.12. The smallest absolute Gasteiger partial charge is 0.320 e. The van der Waals surface area contributed by atoms with Gasteiger partial charge in [-0.25, -0.2) is 4.79 Å². The molecular weight excluding hydrogens is 214 g/mol. The van der Waals surface area contributed by atoms with Crippen LogP contribution in [-0.2, 0) is 4.74 Å². The van der Waals surface area contributed by atoms with Crippen LogP contribution < -0.4 is 11.1 Å². The van der Waals surface area contributed by atoms with E-state index in [-0.39, 0.29) is 18.8 Å². The Balaban J connectivity index is 1.96. The summed E-state index contributed by atoms with van der Waals surface area (Å²) in [6.45, 7) is 0.259. The van der Waals surface area contributed by atoms with Crippen LogP contribution in [0.2, 0.25) is 0 Å². The zero-order valence-electron chi connectivity index (χ0n) is 8.87. The Morgan fingerprint density at radius 1 is 1.62 bits per heavy atom. The van der Waals surface area contributed by atoms with Crippen molar-refractivity contribution in [3.8, 4) is 0 Å². The van der Waals surface area contributed by atoms with Crippen molar-refractivity contribution in [1.82, 2.24) is 10.2 Å². The number of carbonyl (C=O) groups is 1. The van der Waals surface area contributed by atoms with Crippen molar-refractivity contribution in [3.63, 3.8) is 0 Å². The second-order valence-electron chi connectivity index (χ2n) is 4.15. The summed E-state index contributed by atoms with van der Waals surface area (Å²) in [4.78, 5) is 13.1. The first kappa shape index (κ1) is 11.6. The lowest BCUT2D eigenvalue weighted by Gasteiger charge is -2.34. The number of hydrogen-bond acceptors (Lipinski definition) is 5. The van der Waals surface area contributed by atoms with Gasteiger partial charge < -0.3 is 26.0 Å². The molecule has 2 amide bonds. The van der Waals surface area contributed by atoms with Gasteiger partial charge in [0, 0.05) is 13.0 Å². The first-order chi connectivity index (χ1) is 7.61. The van der Waals surface area contributed by atoms with Gasteiger partial charge in [0.25, 0.3) is 0 Å². The summed E-state index contributed by atoms with van der Waals surface area (Å²) in [6.07, 6.45) is -1.14. The molecule has 1 unspecified atom stereocenters. The molecule has 2 fully saturated rings. The Hall–Kier alpha value is -0.890. The lowest BCUT2D eigenvalue weighted by atomic mass is 10.1. The zero-order chi connectivity index (χ0) is 11.7. The van der Waals surface area contributed by atoms with Crippen LogP contribution in [0.4, 0.5) is 4.79 Å². The maximum atomic E-state index is 11.6. The van der Waals surface area contributed by atoms with Crippen molar-refractivity contribution in [2.45, 2.75) is 37.4 Å². The Labute approximate surface area is 93.2 Å². The van der Waals surface area contributed by atoms with Gasteiger partial charge in [-0.2, -0.15) is 0 Å². The number of carbonyl (C=O) groups excluding carboxylic acids is 1. The van der Waals surface area contributed by atoms with E-state index in [1.807, 2.05) is 0 Å². The number of aliphatic hydroxyl groups excluding tert-OH is 2. The monoisotopic (exact) mass is 231 g/mol. The molecule has 2 heterocycles. The summed E-state index contributed by atoms with van der Waals surface area (Å²) >= 11 is 0. The zero-order valence-corrected chi connectivity index (χ0v) is 8.87. The number of urea groups is 1. The number of nitrogens with one attached hydrogen (secondary N) is 1. The molecule has 7 nitrogen and oxygen atoms in total. The van der Waals surface area contributed by atoms with E-state index in [4.69, 9.17) is 15.6 Å². The molecule has 0 spiro atoms. The number of aliphatic hydroxyl groups is 2. The normalized spacial score (nSPS) is 39.9. The van der Waals surface area contributed by atoms with Crippen LogP contribution >= 0.6 is 0 Å². The van der Waals surface area contributed by atoms with E-state index in [1.54, 1.807) is 0 Å². The molecule has 92 valence electrons. The number of amides is 2. The molecule has 16 heavy (non-hydrogen) atoms. The minimum Gasteiger partial charge on any atom is -0.394 e. The van der Waals surface area contributed by atoms with E-state index in [0.717, 1.165) is 0 Å². The van der Waals surface area contributed by atoms with E-state index in [2.05, 4.69) is 5.32 Å². The first-order valence-electron chi connectivity index (χ1n) is 5.39. The Morgan fingerprint density at radius 3 is 2.94 bits per heavy atom. The first-order valence-corrected chi connectivity index (χ1v) is 5.39. The molecule has 0 radical (unpaired) electrons. The predicted octanol–water partition coefficient (Wildman–Crippen LogP) is -1.85. The van der Waals surface area contributed by atoms with E-state index >= 15 is 0 Å². The standard InChI is InChI=1S/C9H17N3O4/c10-7-1-2-12(9(15)11-7)8-3-5(14)6(4-13)16-8/h5-8,13-14H,1-4,10H2,(H,11,15)/t5-,6+,7?,8+/m0/s1. The summed E-state index contributed by atoms with van der Waals surface area (Å²) in [5.74, 6) is 0. The quantitative estimate of drug-likeness (QED) is 0.446. The fourth-order valence-corrected chi connectivity index (χ4v) is 2.04. The summed E-state index contributed by atoms with van der Waals surface area (Å²) in [5, 5.41) is 21.1. The second-order valence-corrected chi connectivity index (χ2v) is 4.15. The molecule has 7 heteroatoms. The average molecular weight is 231 g/mol. The molecule has 0 bridgehead atoms. The summed E-state index contributed by atoms with van der Waals surface area (Å²) in [6, 6.07) is -0.283. The Bertz CT molecular complexity index is 275. The fraction of sp³-hybridized carbons (Fsp3) is 0.889. The third-order valence-electron chi connectivity index (χ3n) is 2.98. The highest BCUT2D eigenvalue weighted by atomic mass is 16.5. The van der Waals surface area contributed by atoms with Crippen LogP contribution in [0, 0.1) is 0 Å². The van der Waals surface area contributed by atoms with E-state index in [9.17, 15) is 9.90 Å². The van der Waals surface area contributed by atoms with Gasteiger partial charge in [0.1, 0.15) is 12.3 Å². The molecule has 0 aromatic heterocycles. The molecule has 2 aliphatic heterocycles. The van der Waals surface area contributed by atoms with E-state index < -0.39 is 18.4 Å². The van der Waals surface area contributed by atoms with E-state index in [1.165, 1.54) is 4.90 Å². The second kappa shape index (κ2) is 4.54. The van der Waals surface area contributed by atoms with Crippen molar-refractivity contribution in [2.24, 2.45) is 5.73 Å². The summed E-state index contributed by atoms with van der Waals surface area (Å²) in [5.41, 5.74) is 5.58. The summed E-state index contributed by atoms with van der Waals surface area (Å²) < 4.78 is 5.39. The highest BCUT2D eigenvalue weighted by Gasteiger charge is 2.39. The number of ether oxygens (including phenoxy) is 1. The highest BCUT2D eigenvalue weighted by molar-refractivity contribution is 5.75. The van der Waals surface area contributed by atoms with Crippen molar-refractivity contribution in [3.05, 3.63) is 0 Å². The van der Waals surface area contributed by atoms with Gasteiger partial charge in [-0.3, -0.25) is 4.90 Å². The van der Waals surface area contributed by atoms with Crippen LogP contribution in [0.3, 0.4) is 0 Å². The molecule has 0 aromatic carbocycles. The van der Waals surface area contributed by atoms with Gasteiger partial charge in [0.2, 0.25) is 0 Å². The maximum Gasteiger partial charge on any atom is 0.320 e. The predicted molar refractivity (Wildman–Crippen MR) is 54.2 cm³/mol. The minimum absolute atomic E-state index is 0.243. The van der Waals surface area contributed by atoms with Crippen LogP contribution in [0.25, 0.3) is 0 Å². The number of nitrogens with zero attached hydrogens (tertiary/aromatic N) is 1. The molecule has 2 saturated heterocycles. The van der Waals surface area contributed by atoms with Gasteiger partial charge in [-0.05, 0) is 6.42 Å². The SMILES string of the molecule is NC1CCN([C@H]2C[C@H](O)[C@@H](CO)O2)C(=O)N1. The van der Waals surface area contributed by atoms with Crippen LogP contribution in [0.5, 0.6) is 0 Å². The fourth-order valence-electron chi connectivity index (χ4n) is 2.04. The largest absolute Gasteiger partial charge is 0.394 e. The molecular formula is C9H17N3O4. The van der Waals surface area contributed by atoms with Crippen LogP contribution in [0.1, 0.15) is 12.8 Å². The molecule has 2 aliphatic rings. The average Bonchev–Trinajstić information content (AvgIpc) is 2.59. The van der Waals surface area contributed by atoms with Crippen LogP contribution in [0.15, 0.2) is 0 Å². The van der Waals surface area contributed by atoms with Crippen molar-refractivity contribution >= 4 is 6.03 Å². The molecule has 0 aliphatic carbocycles. The molecule has 0 saturated carbocycles. The number of hydrogen-bond donors (Lipinski definition) is 4. The number of nitrogens with two attached hydrogens (primary N) is 1.